The lowest BCUT2D eigenvalue weighted by Gasteiger charge is -2.16. The molecule has 0 amide bonds. The third-order valence-electron chi connectivity index (χ3n) is 10.7. The van der Waals surface area contributed by atoms with E-state index in [2.05, 4.69) is 73.6 Å². The van der Waals surface area contributed by atoms with Gasteiger partial charge in [0.15, 0.2) is 0 Å². The Labute approximate surface area is 296 Å². The largest absolute Gasteiger partial charge is 0.198 e. The summed E-state index contributed by atoms with van der Waals surface area (Å²) in [6.45, 7) is 32.9. The van der Waals surface area contributed by atoms with Crippen molar-refractivity contribution in [2.45, 2.75) is 202 Å². The van der Waals surface area contributed by atoms with Gasteiger partial charge in [0.05, 0.1) is 6.07 Å². The minimum absolute atomic E-state index is 0.186. The van der Waals surface area contributed by atoms with E-state index < -0.39 is 0 Å². The molecule has 0 aliphatic carbocycles. The first-order chi connectivity index (χ1) is 22.5. The summed E-state index contributed by atoms with van der Waals surface area (Å²) in [5, 5.41) is 9.67. The van der Waals surface area contributed by atoms with Crippen molar-refractivity contribution in [3.8, 4) is 6.07 Å². The van der Waals surface area contributed by atoms with Gasteiger partial charge in [-0.15, -0.1) is 6.58 Å². The van der Waals surface area contributed by atoms with Crippen LogP contribution in [0.4, 0.5) is 0 Å². The molecule has 4 atom stereocenters. The van der Waals surface area contributed by atoms with Crippen molar-refractivity contribution in [2.24, 2.45) is 23.7 Å². The Kier molecular flexibility index (Phi) is 29.1. The molecule has 3 unspecified atom stereocenters. The molecule has 0 aromatic carbocycles. The van der Waals surface area contributed by atoms with Crippen LogP contribution in [0.5, 0.6) is 0 Å². The van der Waals surface area contributed by atoms with Crippen LogP contribution in [0.2, 0.25) is 0 Å². The number of nitrogens with zero attached hydrogens (tertiary/aromatic N) is 1. The molecule has 0 aliphatic heterocycles. The molecule has 1 nitrogen and oxygen atoms in total. The lowest BCUT2D eigenvalue weighted by atomic mass is 9.90. The van der Waals surface area contributed by atoms with Gasteiger partial charge in [0.25, 0.3) is 0 Å². The summed E-state index contributed by atoms with van der Waals surface area (Å²) in [5.74, 6) is 2.58. The average molecular weight is 648 g/mol. The molecule has 0 N–H and O–H groups in total. The van der Waals surface area contributed by atoms with Crippen LogP contribution in [0.1, 0.15) is 202 Å². The molecule has 270 valence electrons. The van der Waals surface area contributed by atoms with Crippen LogP contribution in [0.25, 0.3) is 0 Å². The maximum Gasteiger partial charge on any atom is 0.0655 e. The van der Waals surface area contributed by atoms with E-state index in [1.54, 1.807) is 0 Å². The van der Waals surface area contributed by atoms with Crippen molar-refractivity contribution < 1.29 is 0 Å². The van der Waals surface area contributed by atoms with E-state index in [-0.39, 0.29) is 5.92 Å². The van der Waals surface area contributed by atoms with Gasteiger partial charge in [0.1, 0.15) is 0 Å². The van der Waals surface area contributed by atoms with Gasteiger partial charge in [-0.3, -0.25) is 0 Å². The standard InChI is InChI=1S/C46H81N/c1-11-39(5)23-21-24-41(7)27-29-42(8)28-26-40(6)22-19-17-15-13-14-16-18-20-25-46(37-47)35-33-44(10)31-30-43(9)32-34-45(12-2)36-38(3)4/h39-40,45-46H,3,7-36H2,1-2,4-6H3/t39?,40?,45?,46-/m1/s1. The molecule has 0 spiro atoms. The topological polar surface area (TPSA) is 23.8 Å². The summed E-state index contributed by atoms with van der Waals surface area (Å²) in [6, 6.07) is 2.57. The Balaban J connectivity index is 3.75. The van der Waals surface area contributed by atoms with E-state index in [1.165, 1.54) is 137 Å². The van der Waals surface area contributed by atoms with Gasteiger partial charge in [-0.1, -0.05) is 159 Å². The molecule has 0 radical (unpaired) electrons. The van der Waals surface area contributed by atoms with Crippen molar-refractivity contribution in [3.63, 3.8) is 0 Å². The molecule has 0 aliphatic rings. The average Bonchev–Trinajstić information content (AvgIpc) is 3.05. The Morgan fingerprint density at radius 3 is 1.43 bits per heavy atom. The maximum atomic E-state index is 9.67. The first-order valence-corrected chi connectivity index (χ1v) is 20.2. The van der Waals surface area contributed by atoms with Gasteiger partial charge in [0, 0.05) is 5.92 Å². The first-order valence-electron chi connectivity index (χ1n) is 20.2. The minimum Gasteiger partial charge on any atom is -0.198 e. The predicted molar refractivity (Wildman–Crippen MR) is 214 cm³/mol. The Morgan fingerprint density at radius 2 is 0.936 bits per heavy atom. The van der Waals surface area contributed by atoms with Gasteiger partial charge in [-0.2, -0.15) is 5.26 Å². The molecule has 1 heteroatoms. The second-order valence-electron chi connectivity index (χ2n) is 15.8. The molecule has 0 saturated heterocycles. The first kappa shape index (κ1) is 45.2. The summed E-state index contributed by atoms with van der Waals surface area (Å²) < 4.78 is 0. The van der Waals surface area contributed by atoms with Crippen LogP contribution in [-0.4, -0.2) is 0 Å². The van der Waals surface area contributed by atoms with E-state index in [0.717, 1.165) is 75.5 Å². The van der Waals surface area contributed by atoms with Crippen LogP contribution >= 0.6 is 0 Å². The SMILES string of the molecule is C=C(C)CC(CC)CCC(=C)CCC(=C)CC[C@H](C#N)CCCCCCCCCCC(C)CCC(=C)CCC(=C)CCCC(C)CC. The molecule has 0 bridgehead atoms. The van der Waals surface area contributed by atoms with Crippen molar-refractivity contribution in [2.75, 3.05) is 0 Å². The van der Waals surface area contributed by atoms with Gasteiger partial charge in [-0.25, -0.2) is 0 Å². The molecular formula is C46H81N. The van der Waals surface area contributed by atoms with Gasteiger partial charge < -0.3 is 0 Å². The number of hydrogen-bond acceptors (Lipinski definition) is 1. The van der Waals surface area contributed by atoms with E-state index in [4.69, 9.17) is 0 Å². The molecule has 0 rings (SSSR count). The predicted octanol–water partition coefficient (Wildman–Crippen LogP) is 16.0. The van der Waals surface area contributed by atoms with Crippen molar-refractivity contribution >= 4 is 0 Å². The van der Waals surface area contributed by atoms with Crippen molar-refractivity contribution in [3.05, 3.63) is 60.8 Å². The third kappa shape index (κ3) is 28.9. The normalized spacial score (nSPS) is 13.8. The molecule has 0 aromatic heterocycles. The summed E-state index contributed by atoms with van der Waals surface area (Å²) in [6.07, 6.45) is 31.7. The van der Waals surface area contributed by atoms with Crippen LogP contribution in [-0.2, 0) is 0 Å². The number of unbranched alkanes of at least 4 members (excludes halogenated alkanes) is 7. The quantitative estimate of drug-likeness (QED) is 0.0503. The highest BCUT2D eigenvalue weighted by molar-refractivity contribution is 5.04. The smallest absolute Gasteiger partial charge is 0.0655 e. The van der Waals surface area contributed by atoms with Gasteiger partial charge in [-0.05, 0) is 115 Å². The van der Waals surface area contributed by atoms with E-state index in [0.29, 0.717) is 0 Å². The highest BCUT2D eigenvalue weighted by Crippen LogP contribution is 2.26. The fraction of sp³-hybridized carbons (Fsp3) is 0.761. The van der Waals surface area contributed by atoms with Crippen LogP contribution in [0.3, 0.4) is 0 Å². The lowest BCUT2D eigenvalue weighted by molar-refractivity contribution is 0.450. The number of nitriles is 1. The van der Waals surface area contributed by atoms with Crippen LogP contribution in [0, 0.1) is 35.0 Å². The Morgan fingerprint density at radius 1 is 0.489 bits per heavy atom. The summed E-state index contributed by atoms with van der Waals surface area (Å²) >= 11 is 0. The molecule has 0 heterocycles. The fourth-order valence-corrected chi connectivity index (χ4v) is 6.65. The van der Waals surface area contributed by atoms with Gasteiger partial charge >= 0.3 is 0 Å². The molecule has 47 heavy (non-hydrogen) atoms. The van der Waals surface area contributed by atoms with E-state index in [1.807, 2.05) is 0 Å². The number of hydrogen-bond donors (Lipinski definition) is 0. The summed E-state index contributed by atoms with van der Waals surface area (Å²) in [4.78, 5) is 0. The van der Waals surface area contributed by atoms with E-state index in [9.17, 15) is 5.26 Å². The van der Waals surface area contributed by atoms with Crippen molar-refractivity contribution in [1.82, 2.24) is 0 Å². The lowest BCUT2D eigenvalue weighted by Crippen LogP contribution is -2.01. The monoisotopic (exact) mass is 648 g/mol. The minimum atomic E-state index is 0.186. The molecular weight excluding hydrogens is 567 g/mol. The number of allylic oxidation sites excluding steroid dienone is 5. The highest BCUT2D eigenvalue weighted by Gasteiger charge is 2.11. The highest BCUT2D eigenvalue weighted by atomic mass is 14.3. The van der Waals surface area contributed by atoms with Crippen LogP contribution in [0.15, 0.2) is 60.8 Å². The van der Waals surface area contributed by atoms with Gasteiger partial charge in [0.2, 0.25) is 0 Å². The Bertz CT molecular complexity index is 896. The zero-order chi connectivity index (χ0) is 35.3. The molecule has 0 saturated carbocycles. The zero-order valence-electron chi connectivity index (χ0n) is 32.7. The second kappa shape index (κ2) is 30.3. The van der Waals surface area contributed by atoms with Crippen LogP contribution < -0.4 is 0 Å². The molecule has 0 fully saturated rings. The fourth-order valence-electron chi connectivity index (χ4n) is 6.65. The summed E-state index contributed by atoms with van der Waals surface area (Å²) in [5.41, 5.74) is 6.78. The zero-order valence-corrected chi connectivity index (χ0v) is 32.7. The van der Waals surface area contributed by atoms with E-state index >= 15 is 0 Å². The van der Waals surface area contributed by atoms with Crippen molar-refractivity contribution in [1.29, 1.82) is 5.26 Å². The maximum absolute atomic E-state index is 9.67. The molecule has 0 aromatic rings. The number of rotatable bonds is 34. The third-order valence-corrected chi connectivity index (χ3v) is 10.7. The Hall–Kier alpha value is -1.81. The summed E-state index contributed by atoms with van der Waals surface area (Å²) in [7, 11) is 0. The second-order valence-corrected chi connectivity index (χ2v) is 15.8.